The van der Waals surface area contributed by atoms with Crippen LogP contribution in [-0.2, 0) is 4.74 Å². The first-order valence-corrected chi connectivity index (χ1v) is 11.2. The molecule has 0 bridgehead atoms. The van der Waals surface area contributed by atoms with Crippen molar-refractivity contribution >= 4 is 34.7 Å². The van der Waals surface area contributed by atoms with Gasteiger partial charge in [0.2, 0.25) is 0 Å². The number of thioether (sulfide) groups is 1. The molecule has 0 unspecified atom stereocenters. The fourth-order valence-electron chi connectivity index (χ4n) is 3.16. The van der Waals surface area contributed by atoms with Crippen molar-refractivity contribution in [1.29, 1.82) is 0 Å². The van der Waals surface area contributed by atoms with Crippen LogP contribution in [0.25, 0.3) is 0 Å². The van der Waals surface area contributed by atoms with Gasteiger partial charge in [-0.25, -0.2) is 15.0 Å². The van der Waals surface area contributed by atoms with E-state index in [9.17, 15) is 19.7 Å². The molecule has 31 heavy (non-hydrogen) atoms. The fourth-order valence-corrected chi connectivity index (χ4v) is 4.03. The first-order chi connectivity index (χ1) is 14.8. The SMILES string of the molecule is CCS/C(=N\NC(=O)Oc1ccc([N+](=O)[O-])cc1)C1CCC(NC(=O)OC(C)C)CC1. The van der Waals surface area contributed by atoms with Crippen LogP contribution in [0.1, 0.15) is 46.5 Å². The predicted octanol–water partition coefficient (Wildman–Crippen LogP) is 4.44. The van der Waals surface area contributed by atoms with Crippen LogP contribution in [0, 0.1) is 16.0 Å². The number of benzene rings is 1. The molecule has 2 rings (SSSR count). The smallest absolute Gasteiger partial charge is 0.433 e. The Morgan fingerprint density at radius 2 is 1.84 bits per heavy atom. The van der Waals surface area contributed by atoms with E-state index in [1.54, 1.807) is 25.6 Å². The fraction of sp³-hybridized carbons (Fsp3) is 0.550. The van der Waals surface area contributed by atoms with Gasteiger partial charge in [-0.3, -0.25) is 10.1 Å². The zero-order valence-electron chi connectivity index (χ0n) is 17.8. The summed E-state index contributed by atoms with van der Waals surface area (Å²) in [5, 5.41) is 18.6. The van der Waals surface area contributed by atoms with Gasteiger partial charge in [0.15, 0.2) is 0 Å². The highest BCUT2D eigenvalue weighted by atomic mass is 32.2. The van der Waals surface area contributed by atoms with E-state index in [0.29, 0.717) is 0 Å². The van der Waals surface area contributed by atoms with E-state index in [0.717, 1.165) is 36.5 Å². The molecule has 0 atom stereocenters. The molecule has 1 fully saturated rings. The van der Waals surface area contributed by atoms with Gasteiger partial charge in [-0.05, 0) is 57.4 Å². The molecular formula is C20H28N4O6S. The number of alkyl carbamates (subject to hydrolysis) is 1. The number of nitro groups is 1. The maximum Gasteiger partial charge on any atom is 0.433 e. The summed E-state index contributed by atoms with van der Waals surface area (Å²) in [4.78, 5) is 34.0. The number of carbonyl (C=O) groups excluding carboxylic acids is 2. The molecule has 0 radical (unpaired) electrons. The third-order valence-corrected chi connectivity index (χ3v) is 5.56. The van der Waals surface area contributed by atoms with E-state index in [4.69, 9.17) is 9.47 Å². The van der Waals surface area contributed by atoms with Crippen molar-refractivity contribution in [2.75, 3.05) is 5.75 Å². The number of non-ortho nitro benzene ring substituents is 1. The molecule has 0 aromatic heterocycles. The van der Waals surface area contributed by atoms with E-state index < -0.39 is 17.1 Å². The molecule has 0 spiro atoms. The van der Waals surface area contributed by atoms with Crippen molar-refractivity contribution in [3.05, 3.63) is 34.4 Å². The summed E-state index contributed by atoms with van der Waals surface area (Å²) in [6.07, 6.45) is 1.94. The second kappa shape index (κ2) is 12.1. The molecular weight excluding hydrogens is 424 g/mol. The number of nitro benzene ring substituents is 1. The summed E-state index contributed by atoms with van der Waals surface area (Å²) in [6.45, 7) is 5.62. The number of nitrogens with one attached hydrogen (secondary N) is 2. The van der Waals surface area contributed by atoms with Gasteiger partial charge in [-0.2, -0.15) is 5.10 Å². The highest BCUT2D eigenvalue weighted by Gasteiger charge is 2.26. The first-order valence-electron chi connectivity index (χ1n) is 10.2. The van der Waals surface area contributed by atoms with Crippen molar-refractivity contribution in [1.82, 2.24) is 10.7 Å². The van der Waals surface area contributed by atoms with E-state index in [1.165, 1.54) is 24.3 Å². The van der Waals surface area contributed by atoms with Crippen molar-refractivity contribution in [2.24, 2.45) is 11.0 Å². The van der Waals surface area contributed by atoms with Crippen molar-refractivity contribution in [2.45, 2.75) is 58.6 Å². The van der Waals surface area contributed by atoms with Crippen molar-refractivity contribution in [3.8, 4) is 5.75 Å². The molecule has 2 amide bonds. The Bertz CT molecular complexity index is 791. The molecule has 10 nitrogen and oxygen atoms in total. The Morgan fingerprint density at radius 1 is 1.19 bits per heavy atom. The van der Waals surface area contributed by atoms with Crippen LogP contribution >= 0.6 is 11.8 Å². The standard InChI is InChI=1S/C20H28N4O6S/c1-4-31-18(14-5-7-15(8-6-14)21-19(25)29-13(2)3)22-23-20(26)30-17-11-9-16(10-12-17)24(27)28/h9-15H,4-8H2,1-3H3,(H,21,25)(H,23,26)/b22-18-. The van der Waals surface area contributed by atoms with Gasteiger partial charge in [-0.15, -0.1) is 11.8 Å². The first kappa shape index (κ1) is 24.4. The van der Waals surface area contributed by atoms with Gasteiger partial charge < -0.3 is 14.8 Å². The molecule has 1 aromatic rings. The summed E-state index contributed by atoms with van der Waals surface area (Å²) in [6, 6.07) is 5.28. The van der Waals surface area contributed by atoms with Crippen LogP contribution in [0.3, 0.4) is 0 Å². The topological polar surface area (TPSA) is 132 Å². The number of nitrogens with zero attached hydrogens (tertiary/aromatic N) is 2. The highest BCUT2D eigenvalue weighted by molar-refractivity contribution is 8.13. The van der Waals surface area contributed by atoms with Crippen LogP contribution < -0.4 is 15.5 Å². The third kappa shape index (κ3) is 8.44. The average molecular weight is 453 g/mol. The maximum atomic E-state index is 12.0. The number of hydrogen-bond donors (Lipinski definition) is 2. The molecule has 170 valence electrons. The number of rotatable bonds is 7. The van der Waals surface area contributed by atoms with Crippen LogP contribution in [-0.4, -0.2) is 40.1 Å². The number of carbonyl (C=O) groups is 2. The number of hydrogen-bond acceptors (Lipinski definition) is 8. The van der Waals surface area contributed by atoms with Crippen LogP contribution in [0.5, 0.6) is 5.75 Å². The van der Waals surface area contributed by atoms with Gasteiger partial charge in [-0.1, -0.05) is 6.92 Å². The molecule has 2 N–H and O–H groups in total. The highest BCUT2D eigenvalue weighted by Crippen LogP contribution is 2.29. The molecule has 11 heteroatoms. The number of hydrazone groups is 1. The lowest BCUT2D eigenvalue weighted by atomic mass is 9.86. The van der Waals surface area contributed by atoms with E-state index >= 15 is 0 Å². The molecule has 1 aliphatic rings. The average Bonchev–Trinajstić information content (AvgIpc) is 2.71. The summed E-state index contributed by atoms with van der Waals surface area (Å²) in [5.41, 5.74) is 2.31. The van der Waals surface area contributed by atoms with Gasteiger partial charge >= 0.3 is 12.2 Å². The van der Waals surface area contributed by atoms with E-state index in [2.05, 4.69) is 15.8 Å². The third-order valence-electron chi connectivity index (χ3n) is 4.55. The Hall–Kier alpha value is -2.82. The zero-order valence-corrected chi connectivity index (χ0v) is 18.6. The molecule has 1 saturated carbocycles. The van der Waals surface area contributed by atoms with E-state index in [-0.39, 0.29) is 29.5 Å². The Labute approximate surface area is 185 Å². The lowest BCUT2D eigenvalue weighted by Gasteiger charge is -2.29. The second-order valence-corrected chi connectivity index (χ2v) is 8.57. The molecule has 1 aromatic carbocycles. The zero-order chi connectivity index (χ0) is 22.8. The minimum absolute atomic E-state index is 0.0652. The summed E-state index contributed by atoms with van der Waals surface area (Å²) in [7, 11) is 0. The molecule has 0 saturated heterocycles. The van der Waals surface area contributed by atoms with Crippen molar-refractivity contribution in [3.63, 3.8) is 0 Å². The number of amides is 2. The predicted molar refractivity (Wildman–Crippen MR) is 118 cm³/mol. The largest absolute Gasteiger partial charge is 0.447 e. The normalized spacial score (nSPS) is 18.9. The monoisotopic (exact) mass is 452 g/mol. The minimum atomic E-state index is -0.769. The molecule has 0 aliphatic heterocycles. The minimum Gasteiger partial charge on any atom is -0.447 e. The van der Waals surface area contributed by atoms with Gasteiger partial charge in [0.1, 0.15) is 5.75 Å². The molecule has 1 aliphatic carbocycles. The summed E-state index contributed by atoms with van der Waals surface area (Å²) >= 11 is 1.55. The number of ether oxygens (including phenoxy) is 2. The van der Waals surface area contributed by atoms with Gasteiger partial charge in [0, 0.05) is 24.1 Å². The van der Waals surface area contributed by atoms with E-state index in [1.807, 2.05) is 6.92 Å². The van der Waals surface area contributed by atoms with Crippen molar-refractivity contribution < 1.29 is 24.0 Å². The Morgan fingerprint density at radius 3 is 2.39 bits per heavy atom. The Kier molecular flexibility index (Phi) is 9.57. The second-order valence-electron chi connectivity index (χ2n) is 7.28. The van der Waals surface area contributed by atoms with Crippen LogP contribution in [0.2, 0.25) is 0 Å². The lowest BCUT2D eigenvalue weighted by molar-refractivity contribution is -0.384. The van der Waals surface area contributed by atoms with Crippen LogP contribution in [0.4, 0.5) is 15.3 Å². The van der Waals surface area contributed by atoms with Gasteiger partial charge in [0.05, 0.1) is 16.1 Å². The van der Waals surface area contributed by atoms with Crippen LogP contribution in [0.15, 0.2) is 29.4 Å². The lowest BCUT2D eigenvalue weighted by Crippen LogP contribution is -2.39. The van der Waals surface area contributed by atoms with Gasteiger partial charge in [0.25, 0.3) is 5.69 Å². The summed E-state index contributed by atoms with van der Waals surface area (Å²) in [5.74, 6) is 1.17. The molecule has 0 heterocycles. The summed E-state index contributed by atoms with van der Waals surface area (Å²) < 4.78 is 10.2. The quantitative estimate of drug-likeness (QED) is 0.270. The maximum absolute atomic E-state index is 12.0. The Balaban J connectivity index is 1.86.